The summed E-state index contributed by atoms with van der Waals surface area (Å²) in [6.45, 7) is 7.93. The van der Waals surface area contributed by atoms with Crippen molar-refractivity contribution in [2.75, 3.05) is 6.61 Å². The first-order valence-electron chi connectivity index (χ1n) is 11.9. The van der Waals surface area contributed by atoms with Gasteiger partial charge in [0.25, 0.3) is 5.56 Å². The lowest BCUT2D eigenvalue weighted by atomic mass is 9.96. The van der Waals surface area contributed by atoms with Crippen molar-refractivity contribution in [2.45, 2.75) is 33.7 Å². The zero-order valence-electron chi connectivity index (χ0n) is 20.7. The van der Waals surface area contributed by atoms with Gasteiger partial charge in [0.05, 0.1) is 28.5 Å². The first-order valence-corrected chi connectivity index (χ1v) is 12.7. The lowest BCUT2D eigenvalue weighted by Crippen LogP contribution is -2.39. The molecule has 0 saturated carbocycles. The molecule has 3 heterocycles. The van der Waals surface area contributed by atoms with Gasteiger partial charge in [0.2, 0.25) is 0 Å². The minimum atomic E-state index is -0.597. The van der Waals surface area contributed by atoms with E-state index in [-0.39, 0.29) is 12.2 Å². The normalized spacial score (nSPS) is 15.6. The van der Waals surface area contributed by atoms with Gasteiger partial charge in [0, 0.05) is 17.1 Å². The van der Waals surface area contributed by atoms with Crippen LogP contribution >= 0.6 is 11.3 Å². The highest BCUT2D eigenvalue weighted by atomic mass is 32.1. The van der Waals surface area contributed by atoms with Gasteiger partial charge >= 0.3 is 5.97 Å². The van der Waals surface area contributed by atoms with Gasteiger partial charge in [-0.05, 0) is 63.1 Å². The van der Waals surface area contributed by atoms with Gasteiger partial charge in [-0.1, -0.05) is 59.9 Å². The maximum absolute atomic E-state index is 13.8. The van der Waals surface area contributed by atoms with Crippen molar-refractivity contribution in [2.24, 2.45) is 4.99 Å². The molecule has 2 aromatic carbocycles. The van der Waals surface area contributed by atoms with E-state index < -0.39 is 12.0 Å². The van der Waals surface area contributed by atoms with Crippen molar-refractivity contribution >= 4 is 23.4 Å². The molecule has 182 valence electrons. The van der Waals surface area contributed by atoms with Crippen molar-refractivity contribution in [3.63, 3.8) is 0 Å². The molecule has 1 aliphatic heterocycles. The van der Waals surface area contributed by atoms with Crippen molar-refractivity contribution in [3.8, 4) is 5.69 Å². The highest BCUT2D eigenvalue weighted by molar-refractivity contribution is 7.07. The maximum atomic E-state index is 13.8. The number of carbonyl (C=O) groups is 1. The van der Waals surface area contributed by atoms with Crippen LogP contribution in [0.4, 0.5) is 0 Å². The van der Waals surface area contributed by atoms with E-state index >= 15 is 0 Å². The van der Waals surface area contributed by atoms with E-state index in [0.29, 0.717) is 20.6 Å². The first-order chi connectivity index (χ1) is 17.4. The van der Waals surface area contributed by atoms with E-state index in [0.717, 1.165) is 28.2 Å². The Labute approximate surface area is 213 Å². The molecular weight excluding hydrogens is 470 g/mol. The number of hydrogen-bond acceptors (Lipinski definition) is 5. The Bertz CT molecular complexity index is 1660. The predicted molar refractivity (Wildman–Crippen MR) is 142 cm³/mol. The van der Waals surface area contributed by atoms with Gasteiger partial charge in [0.1, 0.15) is 0 Å². The SMILES string of the molecule is CCOC(=O)C1=C(C)N=c2sc(=Cc3cc(C)n(-c4ccccc4)c3C)c(=O)n2C1c1ccccc1. The Hall–Kier alpha value is -3.97. The zero-order chi connectivity index (χ0) is 25.4. The number of esters is 1. The smallest absolute Gasteiger partial charge is 0.338 e. The van der Waals surface area contributed by atoms with Crippen LogP contribution in [-0.4, -0.2) is 21.7 Å². The molecule has 0 radical (unpaired) electrons. The lowest BCUT2D eigenvalue weighted by molar-refractivity contribution is -0.139. The Morgan fingerprint density at radius 1 is 1.06 bits per heavy atom. The number of benzene rings is 2. The van der Waals surface area contributed by atoms with Crippen LogP contribution in [0.1, 0.15) is 42.4 Å². The Kier molecular flexibility index (Phi) is 6.33. The molecule has 1 unspecified atom stereocenters. The molecule has 4 aromatic rings. The van der Waals surface area contributed by atoms with Crippen molar-refractivity contribution in [3.05, 3.63) is 120 Å². The molecule has 6 nitrogen and oxygen atoms in total. The van der Waals surface area contributed by atoms with Crippen LogP contribution in [-0.2, 0) is 9.53 Å². The molecule has 7 heteroatoms. The second kappa shape index (κ2) is 9.59. The second-order valence-corrected chi connectivity index (χ2v) is 9.72. The summed E-state index contributed by atoms with van der Waals surface area (Å²) >= 11 is 1.34. The maximum Gasteiger partial charge on any atom is 0.338 e. The monoisotopic (exact) mass is 497 g/mol. The number of fused-ring (bicyclic) bond motifs is 1. The van der Waals surface area contributed by atoms with Crippen LogP contribution in [0.5, 0.6) is 0 Å². The van der Waals surface area contributed by atoms with E-state index in [1.54, 1.807) is 18.4 Å². The van der Waals surface area contributed by atoms with Gasteiger partial charge in [-0.2, -0.15) is 0 Å². The molecule has 2 aromatic heterocycles. The number of aryl methyl sites for hydroxylation is 1. The quantitative estimate of drug-likeness (QED) is 0.388. The van der Waals surface area contributed by atoms with Crippen LogP contribution in [0.25, 0.3) is 11.8 Å². The third-order valence-corrected chi connectivity index (χ3v) is 7.39. The Morgan fingerprint density at radius 2 is 1.72 bits per heavy atom. The Morgan fingerprint density at radius 3 is 2.39 bits per heavy atom. The third-order valence-electron chi connectivity index (χ3n) is 6.40. The van der Waals surface area contributed by atoms with Crippen molar-refractivity contribution < 1.29 is 9.53 Å². The standard InChI is InChI=1S/C29H27N3O3S/c1-5-35-28(34)25-19(3)30-29-32(26(25)21-12-8-6-9-13-21)27(33)24(36-29)17-22-16-18(2)31(20(22)4)23-14-10-7-11-15-23/h6-17,26H,5H2,1-4H3. The number of carbonyl (C=O) groups excluding carboxylic acids is 1. The van der Waals surface area contributed by atoms with Crippen LogP contribution in [0.3, 0.4) is 0 Å². The molecule has 0 fully saturated rings. The van der Waals surface area contributed by atoms with E-state index in [9.17, 15) is 9.59 Å². The van der Waals surface area contributed by atoms with Gasteiger partial charge in [-0.15, -0.1) is 0 Å². The largest absolute Gasteiger partial charge is 0.463 e. The van der Waals surface area contributed by atoms with Crippen molar-refractivity contribution in [1.82, 2.24) is 9.13 Å². The molecule has 36 heavy (non-hydrogen) atoms. The van der Waals surface area contributed by atoms with Crippen LogP contribution < -0.4 is 14.9 Å². The molecule has 0 N–H and O–H groups in total. The molecule has 0 spiro atoms. The summed E-state index contributed by atoms with van der Waals surface area (Å²) in [5.41, 5.74) is 5.80. The Balaban J connectivity index is 1.70. The number of aromatic nitrogens is 2. The van der Waals surface area contributed by atoms with Crippen molar-refractivity contribution in [1.29, 1.82) is 0 Å². The summed E-state index contributed by atoms with van der Waals surface area (Å²) in [5, 5.41) is 0. The molecular formula is C29H27N3O3S. The molecule has 1 aliphatic rings. The van der Waals surface area contributed by atoms with Crippen LogP contribution in [0.15, 0.2) is 87.8 Å². The minimum absolute atomic E-state index is 0.175. The fourth-order valence-corrected chi connectivity index (χ4v) is 5.83. The molecule has 1 atom stereocenters. The lowest BCUT2D eigenvalue weighted by Gasteiger charge is -2.24. The summed E-state index contributed by atoms with van der Waals surface area (Å²) in [4.78, 5) is 32.0. The summed E-state index contributed by atoms with van der Waals surface area (Å²) in [6, 6.07) is 21.2. The highest BCUT2D eigenvalue weighted by Crippen LogP contribution is 2.30. The third kappa shape index (κ3) is 4.05. The topological polar surface area (TPSA) is 65.6 Å². The second-order valence-electron chi connectivity index (χ2n) is 8.71. The predicted octanol–water partition coefficient (Wildman–Crippen LogP) is 4.21. The van der Waals surface area contributed by atoms with Crippen LogP contribution in [0.2, 0.25) is 0 Å². The van der Waals surface area contributed by atoms with Gasteiger partial charge in [0.15, 0.2) is 4.80 Å². The van der Waals surface area contributed by atoms with Gasteiger partial charge < -0.3 is 9.30 Å². The van der Waals surface area contributed by atoms with Gasteiger partial charge in [-0.3, -0.25) is 9.36 Å². The number of para-hydroxylation sites is 1. The molecule has 5 rings (SSSR count). The number of rotatable bonds is 5. The summed E-state index contributed by atoms with van der Waals surface area (Å²) < 4.78 is 9.73. The average Bonchev–Trinajstić information content (AvgIpc) is 3.33. The fourth-order valence-electron chi connectivity index (χ4n) is 4.79. The zero-order valence-corrected chi connectivity index (χ0v) is 21.5. The van der Waals surface area contributed by atoms with Crippen LogP contribution in [0, 0.1) is 13.8 Å². The fraction of sp³-hybridized carbons (Fsp3) is 0.207. The molecule has 0 saturated heterocycles. The van der Waals surface area contributed by atoms with E-state index in [1.807, 2.05) is 54.6 Å². The van der Waals surface area contributed by atoms with E-state index in [1.165, 1.54) is 11.3 Å². The molecule has 0 bridgehead atoms. The van der Waals surface area contributed by atoms with Gasteiger partial charge in [-0.25, -0.2) is 9.79 Å². The summed E-state index contributed by atoms with van der Waals surface area (Å²) in [5.74, 6) is -0.451. The number of ether oxygens (including phenoxy) is 1. The molecule has 0 amide bonds. The number of nitrogens with zero attached hydrogens (tertiary/aromatic N) is 3. The minimum Gasteiger partial charge on any atom is -0.463 e. The highest BCUT2D eigenvalue weighted by Gasteiger charge is 2.33. The number of hydrogen-bond donors (Lipinski definition) is 0. The summed E-state index contributed by atoms with van der Waals surface area (Å²) in [6.07, 6.45) is 1.93. The summed E-state index contributed by atoms with van der Waals surface area (Å²) in [7, 11) is 0. The first kappa shape index (κ1) is 23.8. The average molecular weight is 498 g/mol. The van der Waals surface area contributed by atoms with E-state index in [2.05, 4.69) is 41.6 Å². The number of thiazole rings is 1. The van der Waals surface area contributed by atoms with E-state index in [4.69, 9.17) is 4.74 Å². The number of allylic oxidation sites excluding steroid dienone is 1. The molecule has 0 aliphatic carbocycles.